The molecule has 0 atom stereocenters. The summed E-state index contributed by atoms with van der Waals surface area (Å²) < 4.78 is 33.7. The van der Waals surface area contributed by atoms with Crippen LogP contribution in [0.2, 0.25) is 0 Å². The molecule has 4 fully saturated rings. The number of nitrogens with two attached hydrogens (primary N) is 4. The second kappa shape index (κ2) is 39.4. The lowest BCUT2D eigenvalue weighted by Gasteiger charge is -2.26. The summed E-state index contributed by atoms with van der Waals surface area (Å²) in [5, 5.41) is 54.9. The molecule has 11 aromatic heterocycles. The summed E-state index contributed by atoms with van der Waals surface area (Å²) in [6, 6.07) is 26.1. The second-order valence-corrected chi connectivity index (χ2v) is 36.4. The van der Waals surface area contributed by atoms with Crippen molar-refractivity contribution < 1.29 is 53.5 Å². The standard InChI is InChI=1S/C24H21BrFN5O2.C24H26BrN5O2.C23H24BrN5O2.C22H25BrN4O4/c25-20-21(13-4-6-14(7-5-13)24(32)33)30-23-18(12-29-31(23)22(20)27)16-8-9-19(28-11-16)15-2-1-3-17(26)10-15;25-20-21(15-6-8-16(9-7-15)24(31)32)29-23-18(13-28-30(23)22(20)26)17-10-11-19(27-12-17)14-4-2-1-3-5-14;24-19-20(14-5-7-15(8-6-14)23(30)31)28-22-17(12-27-29(22)21(19)25)16-9-10-18(26-11-16)13-3-1-2-4-13;1-30-10-11-31-16-8-6-13(7-9-16)17-12-25-27-20(24)18(23)19(26-21(17)27)14-2-4-15(5-3-14)22(28)29/h1-3,8-14H,4-7,27H2,(H,32,33);4,10-13,15-16H,1-3,5-9,26H2,(H,31,32);3,9-12,14-15H,1-2,4-8,25H2,(H,30,31);6-9,12,14-15H,2-5,10-11,24H2,1H3,(H,28,29). The number of allylic oxidation sites excluding steroid dienone is 4. The van der Waals surface area contributed by atoms with Crippen molar-refractivity contribution in [1.29, 1.82) is 0 Å². The van der Waals surface area contributed by atoms with E-state index < -0.39 is 23.9 Å². The third kappa shape index (κ3) is 19.2. The predicted molar refractivity (Wildman–Crippen MR) is 496 cm³/mol. The zero-order chi connectivity index (χ0) is 88.8. The number of anilines is 4. The highest BCUT2D eigenvalue weighted by Gasteiger charge is 2.36. The number of carboxylic acid groups (broad SMARTS) is 4. The lowest BCUT2D eigenvalue weighted by atomic mass is 9.80. The minimum Gasteiger partial charge on any atom is -0.491 e. The number of pyridine rings is 3. The van der Waals surface area contributed by atoms with Crippen molar-refractivity contribution in [2.75, 3.05) is 43.3 Å². The number of carbonyl (C=O) groups is 4. The molecule has 0 unspecified atom stereocenters. The van der Waals surface area contributed by atoms with Crippen LogP contribution in [0.5, 0.6) is 5.75 Å². The maximum Gasteiger partial charge on any atom is 0.306 e. The average Bonchev–Trinajstić information content (AvgIpc) is 1.69. The molecule has 0 aliphatic heterocycles. The number of hydrogen-bond donors (Lipinski definition) is 8. The Morgan fingerprint density at radius 2 is 0.717 bits per heavy atom. The van der Waals surface area contributed by atoms with Crippen LogP contribution < -0.4 is 27.7 Å². The molecule has 4 saturated carbocycles. The smallest absolute Gasteiger partial charge is 0.306 e. The van der Waals surface area contributed by atoms with Crippen LogP contribution in [0.15, 0.2) is 158 Å². The lowest BCUT2D eigenvalue weighted by molar-refractivity contribution is -0.143. The summed E-state index contributed by atoms with van der Waals surface area (Å²) in [5.74, 6) is -0.902. The SMILES string of the molecule is COCCOc1ccc(-c2cnn3c(N)c(Br)c(C4CCC(C(=O)O)CC4)nc23)cc1.Nc1c(Br)c(C2CCC(C(=O)O)CC2)nc2c(-c3ccc(-c4cccc(F)c4)nc3)cnn12.Nc1c(Br)c(C2CCC(C(=O)O)CC2)nc2c(-c3ccc(C4=CCCC4)nc3)cnn12.Nc1c(Br)c(C2CCC(C(=O)O)CC2)nc2c(-c3ccc(C4=CCCCC4)nc3)cnn12. The quantitative estimate of drug-likeness (QED) is 0.0349. The molecule has 19 rings (SSSR count). The van der Waals surface area contributed by atoms with Crippen molar-refractivity contribution in [3.63, 3.8) is 0 Å². The molecule has 0 bridgehead atoms. The molecule has 658 valence electrons. The van der Waals surface area contributed by atoms with E-state index in [1.807, 2.05) is 54.9 Å². The Bertz CT molecular complexity index is 6310. The van der Waals surface area contributed by atoms with Gasteiger partial charge in [-0.15, -0.1) is 0 Å². The molecule has 6 aliphatic carbocycles. The van der Waals surface area contributed by atoms with Crippen LogP contribution >= 0.6 is 63.7 Å². The Morgan fingerprint density at radius 3 is 1.02 bits per heavy atom. The molecular weight excluding hydrogens is 1880 g/mol. The fraction of sp³-hybridized carbons (Fsp3) is 0.366. The molecule has 6 aliphatic rings. The van der Waals surface area contributed by atoms with E-state index in [4.69, 9.17) is 57.3 Å². The lowest BCUT2D eigenvalue weighted by Crippen LogP contribution is -2.21. The highest BCUT2D eigenvalue weighted by atomic mass is 79.9. The third-order valence-electron chi connectivity index (χ3n) is 25.5. The Balaban J connectivity index is 0.000000125. The summed E-state index contributed by atoms with van der Waals surface area (Å²) in [7, 11) is 1.64. The third-order valence-corrected chi connectivity index (χ3v) is 28.8. The molecule has 29 nitrogen and oxygen atoms in total. The van der Waals surface area contributed by atoms with Crippen LogP contribution in [-0.4, -0.2) is 138 Å². The van der Waals surface area contributed by atoms with E-state index >= 15 is 0 Å². The Kier molecular flexibility index (Phi) is 27.6. The van der Waals surface area contributed by atoms with Gasteiger partial charge in [0, 0.05) is 93.9 Å². The highest BCUT2D eigenvalue weighted by Crippen LogP contribution is 2.47. The first-order valence-corrected chi connectivity index (χ1v) is 46.1. The number of aromatic nitrogens is 15. The number of rotatable bonds is 19. The first-order chi connectivity index (χ1) is 61.5. The van der Waals surface area contributed by atoms with Crippen LogP contribution in [0, 0.1) is 29.5 Å². The second-order valence-electron chi connectivity index (χ2n) is 33.3. The van der Waals surface area contributed by atoms with Gasteiger partial charge in [-0.25, -0.2) is 24.3 Å². The van der Waals surface area contributed by atoms with Gasteiger partial charge in [0.1, 0.15) is 41.4 Å². The number of halogens is 5. The highest BCUT2D eigenvalue weighted by molar-refractivity contribution is 9.11. The largest absolute Gasteiger partial charge is 0.491 e. The van der Waals surface area contributed by atoms with Gasteiger partial charge in [-0.2, -0.15) is 38.5 Å². The number of ether oxygens (including phenoxy) is 2. The number of methoxy groups -OCH3 is 1. The molecule has 0 saturated heterocycles. The van der Waals surface area contributed by atoms with Crippen molar-refractivity contribution in [3.8, 4) is 61.5 Å². The van der Waals surface area contributed by atoms with E-state index in [9.17, 15) is 44.0 Å². The summed E-state index contributed by atoms with van der Waals surface area (Å²) >= 11 is 14.4. The molecule has 13 aromatic rings. The predicted octanol–water partition coefficient (Wildman–Crippen LogP) is 19.9. The van der Waals surface area contributed by atoms with Gasteiger partial charge in [-0.1, -0.05) is 54.6 Å². The summed E-state index contributed by atoms with van der Waals surface area (Å²) in [5.41, 5.74) is 44.9. The number of aliphatic carboxylic acids is 4. The molecular formula is C93H96Br4FN19O10. The topological polar surface area (TPSA) is 431 Å². The van der Waals surface area contributed by atoms with E-state index in [1.54, 1.807) is 62.2 Å². The van der Waals surface area contributed by atoms with Crippen LogP contribution in [0.4, 0.5) is 27.7 Å². The molecule has 127 heavy (non-hydrogen) atoms. The Hall–Kier alpha value is -11.5. The van der Waals surface area contributed by atoms with Crippen LogP contribution in [-0.2, 0) is 23.9 Å². The summed E-state index contributed by atoms with van der Waals surface area (Å²) in [6.45, 7) is 1.02. The number of benzene rings is 2. The number of nitrogen functional groups attached to an aromatic ring is 4. The molecule has 0 spiro atoms. The van der Waals surface area contributed by atoms with Gasteiger partial charge in [0.2, 0.25) is 0 Å². The average molecular weight is 1980 g/mol. The zero-order valence-corrected chi connectivity index (χ0v) is 76.1. The first-order valence-electron chi connectivity index (χ1n) is 42.9. The van der Waals surface area contributed by atoms with Gasteiger partial charge >= 0.3 is 23.9 Å². The summed E-state index contributed by atoms with van der Waals surface area (Å²) in [4.78, 5) is 78.9. The van der Waals surface area contributed by atoms with Crippen molar-refractivity contribution in [1.82, 2.24) is 73.3 Å². The first kappa shape index (κ1) is 89.0. The van der Waals surface area contributed by atoms with Crippen molar-refractivity contribution >= 4 is 145 Å². The molecule has 12 N–H and O–H groups in total. The van der Waals surface area contributed by atoms with E-state index in [0.717, 1.165) is 175 Å². The fourth-order valence-electron chi connectivity index (χ4n) is 18.2. The van der Waals surface area contributed by atoms with E-state index in [2.05, 4.69) is 130 Å². The number of hydrogen-bond acceptors (Lipinski definition) is 21. The van der Waals surface area contributed by atoms with E-state index in [0.29, 0.717) is 126 Å². The molecule has 0 radical (unpaired) electrons. The molecule has 34 heteroatoms. The fourth-order valence-corrected chi connectivity index (χ4v) is 20.5. The molecule has 11 heterocycles. The monoisotopic (exact) mass is 1970 g/mol. The van der Waals surface area contributed by atoms with Gasteiger partial charge in [0.05, 0.1) is 113 Å². The Morgan fingerprint density at radius 1 is 0.394 bits per heavy atom. The Labute approximate surface area is 764 Å². The molecule has 0 amide bonds. The van der Waals surface area contributed by atoms with Gasteiger partial charge in [0.25, 0.3) is 0 Å². The zero-order valence-electron chi connectivity index (χ0n) is 69.7. The van der Waals surface area contributed by atoms with Crippen LogP contribution in [0.3, 0.4) is 0 Å². The van der Waals surface area contributed by atoms with Crippen molar-refractivity contribution in [2.24, 2.45) is 23.7 Å². The van der Waals surface area contributed by atoms with Crippen molar-refractivity contribution in [2.45, 2.75) is 171 Å². The summed E-state index contributed by atoms with van der Waals surface area (Å²) in [6.07, 6.45) is 36.5. The molecule has 2 aromatic carbocycles. The van der Waals surface area contributed by atoms with Gasteiger partial charge in [-0.05, 0) is 271 Å². The van der Waals surface area contributed by atoms with E-state index in [1.165, 1.54) is 42.5 Å². The minimum absolute atomic E-state index is 0.124. The number of fused-ring (bicyclic) bond motifs is 4. The van der Waals surface area contributed by atoms with Crippen LogP contribution in [0.1, 0.15) is 206 Å². The normalized spacial score (nSPS) is 20.0. The maximum atomic E-state index is 13.6. The number of nitrogens with zero attached hydrogens (tertiary/aromatic N) is 15. The van der Waals surface area contributed by atoms with Gasteiger partial charge in [0.15, 0.2) is 22.6 Å². The number of carboxylic acids is 4. The van der Waals surface area contributed by atoms with Gasteiger partial charge < -0.3 is 52.8 Å². The van der Waals surface area contributed by atoms with E-state index in [-0.39, 0.29) is 53.2 Å². The minimum atomic E-state index is -0.734. The van der Waals surface area contributed by atoms with Crippen LogP contribution in [0.25, 0.3) is 89.5 Å². The maximum absolute atomic E-state index is 13.6. The van der Waals surface area contributed by atoms with Gasteiger partial charge in [-0.3, -0.25) is 34.1 Å². The van der Waals surface area contributed by atoms with Crippen molar-refractivity contribution in [3.05, 3.63) is 198 Å².